The van der Waals surface area contributed by atoms with Gasteiger partial charge in [0.15, 0.2) is 0 Å². The summed E-state index contributed by atoms with van der Waals surface area (Å²) in [4.78, 5) is 14.5. The maximum atomic E-state index is 11.2. The van der Waals surface area contributed by atoms with Crippen LogP contribution in [0.1, 0.15) is 30.2 Å². The van der Waals surface area contributed by atoms with Crippen molar-refractivity contribution in [3.8, 4) is 5.75 Å². The Morgan fingerprint density at radius 3 is 2.67 bits per heavy atom. The van der Waals surface area contributed by atoms with Gasteiger partial charge in [0.05, 0.1) is 12.6 Å². The second-order valence-corrected chi connectivity index (χ2v) is 4.77. The van der Waals surface area contributed by atoms with Crippen molar-refractivity contribution < 1.29 is 9.53 Å². The van der Waals surface area contributed by atoms with E-state index in [4.69, 9.17) is 4.74 Å². The Hall–Kier alpha value is -1.77. The Labute approximate surface area is 107 Å². The maximum absolute atomic E-state index is 11.2. The van der Waals surface area contributed by atoms with E-state index in [0.29, 0.717) is 6.42 Å². The van der Waals surface area contributed by atoms with Crippen LogP contribution in [0.4, 0.5) is 0 Å². The zero-order valence-corrected chi connectivity index (χ0v) is 11.4. The first kappa shape index (κ1) is 12.7. The molecule has 96 valence electrons. The molecule has 0 aliphatic rings. The molecule has 3 nitrogen and oxygen atoms in total. The summed E-state index contributed by atoms with van der Waals surface area (Å²) in [6, 6.07) is 4.04. The van der Waals surface area contributed by atoms with Crippen LogP contribution >= 0.6 is 0 Å². The minimum Gasteiger partial charge on any atom is -0.495 e. The van der Waals surface area contributed by atoms with Gasteiger partial charge in [-0.3, -0.25) is 0 Å². The molecule has 0 saturated heterocycles. The van der Waals surface area contributed by atoms with Crippen molar-refractivity contribution in [1.82, 2.24) is 4.98 Å². The molecule has 1 N–H and O–H groups in total. The molecule has 0 radical (unpaired) electrons. The maximum Gasteiger partial charge on any atom is 0.142 e. The SMILES string of the molecule is COc1ccc(C)c2c(CCC(C)=O)c(C)[nH]c12. The second kappa shape index (κ2) is 4.84. The van der Waals surface area contributed by atoms with E-state index in [1.807, 2.05) is 13.0 Å². The summed E-state index contributed by atoms with van der Waals surface area (Å²) in [5.41, 5.74) is 4.61. The molecule has 1 aromatic carbocycles. The zero-order valence-electron chi connectivity index (χ0n) is 11.4. The van der Waals surface area contributed by atoms with Gasteiger partial charge in [-0.1, -0.05) is 6.07 Å². The predicted octanol–water partition coefficient (Wildman–Crippen LogP) is 3.31. The molecule has 18 heavy (non-hydrogen) atoms. The van der Waals surface area contributed by atoms with Gasteiger partial charge in [0.2, 0.25) is 0 Å². The largest absolute Gasteiger partial charge is 0.495 e. The first-order valence-corrected chi connectivity index (χ1v) is 6.18. The highest BCUT2D eigenvalue weighted by Crippen LogP contribution is 2.32. The van der Waals surface area contributed by atoms with Gasteiger partial charge in [-0.2, -0.15) is 0 Å². The van der Waals surface area contributed by atoms with E-state index >= 15 is 0 Å². The molecule has 3 heteroatoms. The lowest BCUT2D eigenvalue weighted by Gasteiger charge is -2.05. The van der Waals surface area contributed by atoms with Crippen LogP contribution < -0.4 is 4.74 Å². The summed E-state index contributed by atoms with van der Waals surface area (Å²) in [7, 11) is 1.68. The van der Waals surface area contributed by atoms with Crippen molar-refractivity contribution in [2.45, 2.75) is 33.6 Å². The van der Waals surface area contributed by atoms with Gasteiger partial charge in [-0.25, -0.2) is 0 Å². The summed E-state index contributed by atoms with van der Waals surface area (Å²) in [5, 5.41) is 1.20. The van der Waals surface area contributed by atoms with Gasteiger partial charge in [0.1, 0.15) is 11.5 Å². The fourth-order valence-corrected chi connectivity index (χ4v) is 2.43. The Morgan fingerprint density at radius 1 is 1.33 bits per heavy atom. The molecule has 0 unspecified atom stereocenters. The molecule has 0 atom stereocenters. The van der Waals surface area contributed by atoms with Crippen LogP contribution in [0, 0.1) is 13.8 Å². The van der Waals surface area contributed by atoms with Gasteiger partial charge in [0.25, 0.3) is 0 Å². The van der Waals surface area contributed by atoms with E-state index < -0.39 is 0 Å². The number of nitrogens with one attached hydrogen (secondary N) is 1. The summed E-state index contributed by atoms with van der Waals surface area (Å²) in [6.45, 7) is 5.78. The summed E-state index contributed by atoms with van der Waals surface area (Å²) in [6.07, 6.45) is 1.37. The lowest BCUT2D eigenvalue weighted by molar-refractivity contribution is -0.116. The van der Waals surface area contributed by atoms with Gasteiger partial charge >= 0.3 is 0 Å². The lowest BCUT2D eigenvalue weighted by atomic mass is 10.0. The van der Waals surface area contributed by atoms with Crippen LogP contribution in [0.15, 0.2) is 12.1 Å². The Bertz CT molecular complexity index is 596. The molecule has 1 heterocycles. The molecule has 0 fully saturated rings. The number of ketones is 1. The molecule has 2 rings (SSSR count). The molecular weight excluding hydrogens is 226 g/mol. The number of methoxy groups -OCH3 is 1. The second-order valence-electron chi connectivity index (χ2n) is 4.77. The number of ether oxygens (including phenoxy) is 1. The van der Waals surface area contributed by atoms with Gasteiger partial charge in [0, 0.05) is 17.5 Å². The molecule has 2 aromatic rings. The molecule has 0 aliphatic carbocycles. The minimum atomic E-state index is 0.226. The highest BCUT2D eigenvalue weighted by molar-refractivity contribution is 5.92. The third-order valence-electron chi connectivity index (χ3n) is 3.39. The highest BCUT2D eigenvalue weighted by atomic mass is 16.5. The third kappa shape index (κ3) is 2.13. The zero-order chi connectivity index (χ0) is 13.3. The van der Waals surface area contributed by atoms with Crippen molar-refractivity contribution in [2.24, 2.45) is 0 Å². The van der Waals surface area contributed by atoms with E-state index in [-0.39, 0.29) is 5.78 Å². The van der Waals surface area contributed by atoms with Crippen molar-refractivity contribution >= 4 is 16.7 Å². The van der Waals surface area contributed by atoms with Crippen LogP contribution in [0.3, 0.4) is 0 Å². The van der Waals surface area contributed by atoms with Gasteiger partial charge in [-0.15, -0.1) is 0 Å². The van der Waals surface area contributed by atoms with Crippen LogP contribution in [-0.2, 0) is 11.2 Å². The van der Waals surface area contributed by atoms with E-state index in [2.05, 4.69) is 18.0 Å². The summed E-state index contributed by atoms with van der Waals surface area (Å²) in [5.74, 6) is 1.08. The Balaban J connectivity index is 2.58. The van der Waals surface area contributed by atoms with Gasteiger partial charge in [-0.05, 0) is 44.4 Å². The van der Waals surface area contributed by atoms with Crippen LogP contribution in [0.2, 0.25) is 0 Å². The number of fused-ring (bicyclic) bond motifs is 1. The molecular formula is C15H19NO2. The number of H-pyrrole nitrogens is 1. The molecule has 0 aliphatic heterocycles. The third-order valence-corrected chi connectivity index (χ3v) is 3.39. The number of hydrogen-bond acceptors (Lipinski definition) is 2. The average molecular weight is 245 g/mol. The molecule has 0 amide bonds. The van der Waals surface area contributed by atoms with E-state index in [9.17, 15) is 4.79 Å². The Kier molecular flexibility index (Phi) is 3.41. The molecule has 0 saturated carbocycles. The molecule has 0 bridgehead atoms. The van der Waals surface area contributed by atoms with Crippen LogP contribution in [0.25, 0.3) is 10.9 Å². The monoisotopic (exact) mass is 245 g/mol. The van der Waals surface area contributed by atoms with E-state index in [0.717, 1.165) is 23.4 Å². The predicted molar refractivity (Wildman–Crippen MR) is 73.3 cm³/mol. The summed E-state index contributed by atoms with van der Waals surface area (Å²) >= 11 is 0. The number of hydrogen-bond donors (Lipinski definition) is 1. The first-order valence-electron chi connectivity index (χ1n) is 6.18. The number of carbonyl (C=O) groups excluding carboxylic acids is 1. The quantitative estimate of drug-likeness (QED) is 0.897. The van der Waals surface area contributed by atoms with E-state index in [1.54, 1.807) is 14.0 Å². The average Bonchev–Trinajstić information content (AvgIpc) is 2.65. The normalized spacial score (nSPS) is 10.9. The number of benzene rings is 1. The Morgan fingerprint density at radius 2 is 2.06 bits per heavy atom. The standard InChI is InChI=1S/C15H19NO2/c1-9-5-8-13(18-4)15-14(9)12(11(3)16-15)7-6-10(2)17/h5,8,16H,6-7H2,1-4H3. The molecule has 0 spiro atoms. The van der Waals surface area contributed by atoms with Gasteiger partial charge < -0.3 is 14.5 Å². The number of aryl methyl sites for hydroxylation is 3. The topological polar surface area (TPSA) is 42.1 Å². The fourth-order valence-electron chi connectivity index (χ4n) is 2.43. The number of rotatable bonds is 4. The number of aromatic amines is 1. The highest BCUT2D eigenvalue weighted by Gasteiger charge is 2.14. The fraction of sp³-hybridized carbons (Fsp3) is 0.400. The summed E-state index contributed by atoms with van der Waals surface area (Å²) < 4.78 is 5.38. The van der Waals surface area contributed by atoms with Crippen LogP contribution in [0.5, 0.6) is 5.75 Å². The number of carbonyl (C=O) groups is 1. The smallest absolute Gasteiger partial charge is 0.142 e. The molecule has 1 aromatic heterocycles. The minimum absolute atomic E-state index is 0.226. The van der Waals surface area contributed by atoms with Crippen molar-refractivity contribution in [2.75, 3.05) is 7.11 Å². The van der Waals surface area contributed by atoms with Crippen LogP contribution in [-0.4, -0.2) is 17.9 Å². The first-order chi connectivity index (χ1) is 8.54. The van der Waals surface area contributed by atoms with Crippen molar-refractivity contribution in [1.29, 1.82) is 0 Å². The van der Waals surface area contributed by atoms with E-state index in [1.165, 1.54) is 16.5 Å². The lowest BCUT2D eigenvalue weighted by Crippen LogP contribution is -1.95. The van der Waals surface area contributed by atoms with Crippen molar-refractivity contribution in [3.63, 3.8) is 0 Å². The number of Topliss-reactive ketones (excluding diaryl/α,β-unsaturated/α-hetero) is 1. The van der Waals surface area contributed by atoms with Crippen molar-refractivity contribution in [3.05, 3.63) is 29.0 Å². The number of aromatic nitrogens is 1.